The van der Waals surface area contributed by atoms with Crippen molar-refractivity contribution in [3.63, 3.8) is 0 Å². The zero-order chi connectivity index (χ0) is 21.1. The minimum absolute atomic E-state index is 0.0187. The van der Waals surface area contributed by atoms with Crippen molar-refractivity contribution in [1.29, 1.82) is 0 Å². The van der Waals surface area contributed by atoms with Gasteiger partial charge in [-0.3, -0.25) is 20.0 Å². The molecular weight excluding hydrogens is 388 g/mol. The van der Waals surface area contributed by atoms with Crippen LogP contribution in [0.1, 0.15) is 27.5 Å². The molecule has 1 aliphatic rings. The molecule has 0 fully saturated rings. The number of fused-ring (bicyclic) bond motifs is 3. The summed E-state index contributed by atoms with van der Waals surface area (Å²) in [5.74, 6) is -1.79. The summed E-state index contributed by atoms with van der Waals surface area (Å²) in [5, 5.41) is 19.5. The highest BCUT2D eigenvalue weighted by Crippen LogP contribution is 2.44. The maximum Gasteiger partial charge on any atom is 0.412 e. The Morgan fingerprint density at radius 1 is 1.03 bits per heavy atom. The predicted molar refractivity (Wildman–Crippen MR) is 107 cm³/mol. The van der Waals surface area contributed by atoms with Gasteiger partial charge >= 0.3 is 12.1 Å². The van der Waals surface area contributed by atoms with E-state index in [9.17, 15) is 14.4 Å². The topological polar surface area (TPSA) is 133 Å². The van der Waals surface area contributed by atoms with Crippen LogP contribution >= 0.6 is 0 Å². The van der Waals surface area contributed by atoms with Crippen LogP contribution in [0.5, 0.6) is 0 Å². The predicted octanol–water partition coefficient (Wildman–Crippen LogP) is 2.59. The molecule has 4 rings (SSSR count). The number of ether oxygens (including phenoxy) is 1. The number of hydrogen-bond acceptors (Lipinski definition) is 5. The molecule has 2 amide bonds. The van der Waals surface area contributed by atoms with Gasteiger partial charge in [-0.25, -0.2) is 4.79 Å². The number of hydrogen-bond donors (Lipinski definition) is 4. The van der Waals surface area contributed by atoms with E-state index < -0.39 is 24.5 Å². The highest BCUT2D eigenvalue weighted by atomic mass is 16.5. The van der Waals surface area contributed by atoms with Crippen LogP contribution in [0.2, 0.25) is 0 Å². The van der Waals surface area contributed by atoms with Gasteiger partial charge in [-0.2, -0.15) is 5.10 Å². The first-order chi connectivity index (χ1) is 14.5. The lowest BCUT2D eigenvalue weighted by atomic mass is 9.98. The largest absolute Gasteiger partial charge is 0.480 e. The first kappa shape index (κ1) is 19.2. The van der Waals surface area contributed by atoms with E-state index in [2.05, 4.69) is 33.0 Å². The first-order valence-corrected chi connectivity index (χ1v) is 9.20. The van der Waals surface area contributed by atoms with Crippen LogP contribution < -0.4 is 10.6 Å². The summed E-state index contributed by atoms with van der Waals surface area (Å²) in [6.45, 7) is -0.372. The Balaban J connectivity index is 1.38. The lowest BCUT2D eigenvalue weighted by Crippen LogP contribution is -2.29. The number of carboxylic acid groups (broad SMARTS) is 1. The molecule has 4 N–H and O–H groups in total. The molecule has 0 saturated carbocycles. The van der Waals surface area contributed by atoms with Crippen LogP contribution in [0.25, 0.3) is 11.1 Å². The van der Waals surface area contributed by atoms with E-state index in [4.69, 9.17) is 9.84 Å². The fourth-order valence-electron chi connectivity index (χ4n) is 3.49. The number of benzene rings is 2. The number of amides is 2. The minimum Gasteiger partial charge on any atom is -0.480 e. The average Bonchev–Trinajstić information content (AvgIpc) is 3.33. The van der Waals surface area contributed by atoms with E-state index in [-0.39, 0.29) is 24.0 Å². The number of nitrogens with one attached hydrogen (secondary N) is 3. The summed E-state index contributed by atoms with van der Waals surface area (Å²) in [6, 6.07) is 17.3. The van der Waals surface area contributed by atoms with Crippen molar-refractivity contribution >= 4 is 23.8 Å². The molecule has 0 radical (unpaired) electrons. The molecule has 0 unspecified atom stereocenters. The Bertz CT molecular complexity index is 1080. The van der Waals surface area contributed by atoms with E-state index in [1.807, 2.05) is 36.4 Å². The molecule has 0 atom stereocenters. The number of rotatable bonds is 6. The Labute approximate surface area is 171 Å². The summed E-state index contributed by atoms with van der Waals surface area (Å²) < 4.78 is 5.41. The molecule has 0 saturated heterocycles. The molecule has 1 heterocycles. The number of anilines is 1. The molecule has 0 spiro atoms. The molecule has 9 heteroatoms. The smallest absolute Gasteiger partial charge is 0.412 e. The lowest BCUT2D eigenvalue weighted by Gasteiger charge is -2.14. The van der Waals surface area contributed by atoms with Crippen molar-refractivity contribution in [3.05, 3.63) is 71.4 Å². The van der Waals surface area contributed by atoms with Crippen LogP contribution in [0.3, 0.4) is 0 Å². The first-order valence-electron chi connectivity index (χ1n) is 9.20. The number of nitrogens with zero attached hydrogens (tertiary/aromatic N) is 1. The summed E-state index contributed by atoms with van der Waals surface area (Å²) in [7, 11) is 0. The van der Waals surface area contributed by atoms with Gasteiger partial charge in [0, 0.05) is 12.0 Å². The fraction of sp³-hybridized carbons (Fsp3) is 0.143. The molecule has 0 aliphatic heterocycles. The Morgan fingerprint density at radius 2 is 1.67 bits per heavy atom. The van der Waals surface area contributed by atoms with Gasteiger partial charge in [0.2, 0.25) is 0 Å². The van der Waals surface area contributed by atoms with Crippen molar-refractivity contribution in [2.24, 2.45) is 0 Å². The molecule has 1 aliphatic carbocycles. The number of carbonyl (C=O) groups is 3. The third-order valence-corrected chi connectivity index (χ3v) is 4.80. The second kappa shape index (κ2) is 8.08. The van der Waals surface area contributed by atoms with Gasteiger partial charge in [0.05, 0.1) is 0 Å². The number of aromatic nitrogens is 2. The maximum atomic E-state index is 12.2. The molecule has 0 bridgehead atoms. The van der Waals surface area contributed by atoms with Crippen LogP contribution in [0.15, 0.2) is 54.6 Å². The number of aromatic amines is 1. The van der Waals surface area contributed by atoms with E-state index in [1.165, 1.54) is 6.07 Å². The van der Waals surface area contributed by atoms with E-state index in [0.717, 1.165) is 22.3 Å². The zero-order valence-corrected chi connectivity index (χ0v) is 15.7. The molecule has 1 aromatic heterocycles. The SMILES string of the molecule is O=C(O)CNC(=O)c1cc(NC(=O)OCC2c3ccccc3-c3ccccc32)n[nH]1. The summed E-state index contributed by atoms with van der Waals surface area (Å²) in [5.41, 5.74) is 4.48. The maximum absolute atomic E-state index is 12.2. The second-order valence-corrected chi connectivity index (χ2v) is 6.69. The number of H-pyrrole nitrogens is 1. The molecule has 152 valence electrons. The third-order valence-electron chi connectivity index (χ3n) is 4.80. The average molecular weight is 406 g/mol. The Hall–Kier alpha value is -4.14. The molecule has 2 aromatic carbocycles. The standard InChI is InChI=1S/C21H18N4O5/c26-19(27)10-22-20(28)17-9-18(25-24-17)23-21(29)30-11-16-14-7-3-1-5-12(14)13-6-2-4-8-15(13)16/h1-9,16H,10-11H2,(H,22,28)(H,26,27)(H2,23,24,25,29). The summed E-state index contributed by atoms with van der Waals surface area (Å²) >= 11 is 0. The number of carboxylic acids is 1. The van der Waals surface area contributed by atoms with Crippen molar-refractivity contribution < 1.29 is 24.2 Å². The van der Waals surface area contributed by atoms with Gasteiger partial charge in [0.15, 0.2) is 5.82 Å². The normalized spacial score (nSPS) is 12.0. The third kappa shape index (κ3) is 3.86. The van der Waals surface area contributed by atoms with Crippen LogP contribution in [0, 0.1) is 0 Å². The second-order valence-electron chi connectivity index (χ2n) is 6.69. The minimum atomic E-state index is -1.17. The van der Waals surface area contributed by atoms with Gasteiger partial charge in [0.1, 0.15) is 18.8 Å². The fourth-order valence-corrected chi connectivity index (χ4v) is 3.49. The summed E-state index contributed by atoms with van der Waals surface area (Å²) in [6.07, 6.45) is -0.708. The van der Waals surface area contributed by atoms with Crippen LogP contribution in [-0.2, 0) is 9.53 Å². The highest BCUT2D eigenvalue weighted by Gasteiger charge is 2.29. The quantitative estimate of drug-likeness (QED) is 0.497. The number of carbonyl (C=O) groups excluding carboxylic acids is 2. The Morgan fingerprint density at radius 3 is 2.30 bits per heavy atom. The monoisotopic (exact) mass is 406 g/mol. The summed E-state index contributed by atoms with van der Waals surface area (Å²) in [4.78, 5) is 34.5. The van der Waals surface area contributed by atoms with Crippen molar-refractivity contribution in [3.8, 4) is 11.1 Å². The highest BCUT2D eigenvalue weighted by molar-refractivity contribution is 5.95. The van der Waals surface area contributed by atoms with Gasteiger partial charge in [0.25, 0.3) is 5.91 Å². The van der Waals surface area contributed by atoms with E-state index in [0.29, 0.717) is 0 Å². The van der Waals surface area contributed by atoms with Crippen LogP contribution in [0.4, 0.5) is 10.6 Å². The zero-order valence-electron chi connectivity index (χ0n) is 15.7. The van der Waals surface area contributed by atoms with Gasteiger partial charge in [-0.1, -0.05) is 48.5 Å². The van der Waals surface area contributed by atoms with E-state index in [1.54, 1.807) is 0 Å². The lowest BCUT2D eigenvalue weighted by molar-refractivity contribution is -0.135. The molecule has 9 nitrogen and oxygen atoms in total. The van der Waals surface area contributed by atoms with Crippen molar-refractivity contribution in [2.45, 2.75) is 5.92 Å². The van der Waals surface area contributed by atoms with Crippen LogP contribution in [-0.4, -0.2) is 46.4 Å². The molecule has 30 heavy (non-hydrogen) atoms. The Kier molecular flexibility index (Phi) is 5.17. The molecular formula is C21H18N4O5. The molecule has 3 aromatic rings. The van der Waals surface area contributed by atoms with Gasteiger partial charge in [-0.05, 0) is 22.3 Å². The van der Waals surface area contributed by atoms with Crippen molar-refractivity contribution in [1.82, 2.24) is 15.5 Å². The van der Waals surface area contributed by atoms with Gasteiger partial charge in [-0.15, -0.1) is 0 Å². The number of aliphatic carboxylic acids is 1. The van der Waals surface area contributed by atoms with E-state index >= 15 is 0 Å². The van der Waals surface area contributed by atoms with Gasteiger partial charge < -0.3 is 15.2 Å². The van der Waals surface area contributed by atoms with Crippen molar-refractivity contribution in [2.75, 3.05) is 18.5 Å².